The van der Waals surface area contributed by atoms with Gasteiger partial charge in [-0.2, -0.15) is 0 Å². The number of hydrogen-bond donors (Lipinski definition) is 2. The van der Waals surface area contributed by atoms with E-state index >= 15 is 0 Å². The van der Waals surface area contributed by atoms with Gasteiger partial charge in [-0.05, 0) is 49.4 Å². The molecule has 0 bridgehead atoms. The van der Waals surface area contributed by atoms with Crippen LogP contribution in [0.15, 0.2) is 48.5 Å². The second-order valence-corrected chi connectivity index (χ2v) is 7.11. The normalized spacial score (nSPS) is 16.7. The molecule has 0 saturated carbocycles. The summed E-state index contributed by atoms with van der Waals surface area (Å²) in [6.45, 7) is 6.93. The number of likely N-dealkylation sites (N-methyl/N-ethyl adjacent to an activating group) is 1. The van der Waals surface area contributed by atoms with E-state index in [1.807, 2.05) is 24.3 Å². The van der Waals surface area contributed by atoms with Crippen LogP contribution >= 0.6 is 0 Å². The van der Waals surface area contributed by atoms with E-state index in [1.54, 1.807) is 12.1 Å². The molecule has 6 heteroatoms. The first-order valence-electron chi connectivity index (χ1n) is 9.35. The van der Waals surface area contributed by atoms with Crippen molar-refractivity contribution in [2.45, 2.75) is 13.0 Å². The largest absolute Gasteiger partial charge is 0.336 e. The molecular weight excluding hydrogens is 343 g/mol. The van der Waals surface area contributed by atoms with E-state index in [0.29, 0.717) is 18.3 Å². The average Bonchev–Trinajstić information content (AvgIpc) is 2.67. The van der Waals surface area contributed by atoms with E-state index in [-0.39, 0.29) is 11.8 Å². The molecule has 1 aliphatic rings. The van der Waals surface area contributed by atoms with E-state index in [0.717, 1.165) is 37.3 Å². The number of urea groups is 1. The van der Waals surface area contributed by atoms with Crippen molar-refractivity contribution in [3.05, 3.63) is 54.3 Å². The molecule has 0 aromatic heterocycles. The number of carbonyl (C=O) groups is 1. The number of hydrogen-bond acceptors (Lipinski definition) is 3. The standard InChI is InChI=1S/C21H27FN4O/c1-16(26-12-10-25(2)11-13-26)15-23-21(27)24-20-5-3-4-18(14-20)17-6-8-19(22)9-7-17/h3-9,14,16H,10-13,15H2,1-2H3,(H2,23,24,27)/t16-/m1/s1. The van der Waals surface area contributed by atoms with Crippen LogP contribution in [0.4, 0.5) is 14.9 Å². The minimum atomic E-state index is -0.262. The van der Waals surface area contributed by atoms with Gasteiger partial charge in [0.05, 0.1) is 0 Å². The minimum absolute atomic E-state index is 0.216. The van der Waals surface area contributed by atoms with Crippen molar-refractivity contribution in [2.24, 2.45) is 0 Å². The fraction of sp³-hybridized carbons (Fsp3) is 0.381. The average molecular weight is 370 g/mol. The number of halogens is 1. The third-order valence-corrected chi connectivity index (χ3v) is 5.02. The molecule has 3 rings (SSSR count). The molecule has 0 unspecified atom stereocenters. The van der Waals surface area contributed by atoms with Crippen LogP contribution in [0.3, 0.4) is 0 Å². The Labute approximate surface area is 160 Å². The van der Waals surface area contributed by atoms with Gasteiger partial charge in [0.15, 0.2) is 0 Å². The Balaban J connectivity index is 1.52. The fourth-order valence-corrected chi connectivity index (χ4v) is 3.23. The van der Waals surface area contributed by atoms with Crippen molar-refractivity contribution in [3.8, 4) is 11.1 Å². The highest BCUT2D eigenvalue weighted by molar-refractivity contribution is 5.90. The molecule has 2 N–H and O–H groups in total. The number of anilines is 1. The molecule has 2 aromatic carbocycles. The van der Waals surface area contributed by atoms with Crippen molar-refractivity contribution in [3.63, 3.8) is 0 Å². The molecule has 27 heavy (non-hydrogen) atoms. The minimum Gasteiger partial charge on any atom is -0.336 e. The van der Waals surface area contributed by atoms with Crippen molar-refractivity contribution in [1.82, 2.24) is 15.1 Å². The van der Waals surface area contributed by atoms with E-state index < -0.39 is 0 Å². The highest BCUT2D eigenvalue weighted by Crippen LogP contribution is 2.22. The number of nitrogens with one attached hydrogen (secondary N) is 2. The summed E-state index contributed by atoms with van der Waals surface area (Å²) >= 11 is 0. The van der Waals surface area contributed by atoms with Crippen LogP contribution < -0.4 is 10.6 Å². The Hall–Kier alpha value is -2.44. The Morgan fingerprint density at radius 1 is 1.07 bits per heavy atom. The predicted molar refractivity (Wildman–Crippen MR) is 107 cm³/mol. The predicted octanol–water partition coefficient (Wildman–Crippen LogP) is 3.25. The lowest BCUT2D eigenvalue weighted by Gasteiger charge is -2.36. The van der Waals surface area contributed by atoms with E-state index in [1.165, 1.54) is 12.1 Å². The zero-order valence-electron chi connectivity index (χ0n) is 15.9. The maximum Gasteiger partial charge on any atom is 0.319 e. The van der Waals surface area contributed by atoms with Crippen molar-refractivity contribution < 1.29 is 9.18 Å². The zero-order chi connectivity index (χ0) is 19.2. The number of piperazine rings is 1. The molecule has 1 heterocycles. The summed E-state index contributed by atoms with van der Waals surface area (Å²) in [7, 11) is 2.13. The molecule has 2 amide bonds. The Bertz CT molecular complexity index is 757. The fourth-order valence-electron chi connectivity index (χ4n) is 3.23. The molecular formula is C21H27FN4O. The summed E-state index contributed by atoms with van der Waals surface area (Å²) < 4.78 is 13.1. The van der Waals surface area contributed by atoms with Gasteiger partial charge in [0, 0.05) is 44.5 Å². The third kappa shape index (κ3) is 5.52. The van der Waals surface area contributed by atoms with Gasteiger partial charge in [-0.3, -0.25) is 4.90 Å². The van der Waals surface area contributed by atoms with Gasteiger partial charge in [-0.1, -0.05) is 24.3 Å². The number of amides is 2. The second-order valence-electron chi connectivity index (χ2n) is 7.11. The highest BCUT2D eigenvalue weighted by Gasteiger charge is 2.19. The first kappa shape index (κ1) is 19.3. The van der Waals surface area contributed by atoms with Crippen LogP contribution in [0.1, 0.15) is 6.92 Å². The van der Waals surface area contributed by atoms with E-state index in [2.05, 4.69) is 34.4 Å². The monoisotopic (exact) mass is 370 g/mol. The summed E-state index contributed by atoms with van der Waals surface area (Å²) in [5, 5.41) is 5.83. The van der Waals surface area contributed by atoms with Crippen LogP contribution in [-0.2, 0) is 0 Å². The van der Waals surface area contributed by atoms with Crippen LogP contribution in [0, 0.1) is 5.82 Å². The maximum atomic E-state index is 13.1. The summed E-state index contributed by atoms with van der Waals surface area (Å²) in [5.74, 6) is -0.262. The first-order valence-corrected chi connectivity index (χ1v) is 9.35. The molecule has 2 aromatic rings. The summed E-state index contributed by atoms with van der Waals surface area (Å²) in [4.78, 5) is 17.0. The summed E-state index contributed by atoms with van der Waals surface area (Å²) in [5.41, 5.74) is 2.55. The van der Waals surface area contributed by atoms with Gasteiger partial charge in [0.2, 0.25) is 0 Å². The van der Waals surface area contributed by atoms with Crippen LogP contribution in [-0.4, -0.2) is 61.6 Å². The third-order valence-electron chi connectivity index (χ3n) is 5.02. The molecule has 5 nitrogen and oxygen atoms in total. The smallest absolute Gasteiger partial charge is 0.319 e. The Morgan fingerprint density at radius 3 is 2.48 bits per heavy atom. The molecule has 0 aliphatic carbocycles. The van der Waals surface area contributed by atoms with Gasteiger partial charge in [-0.25, -0.2) is 9.18 Å². The van der Waals surface area contributed by atoms with Crippen LogP contribution in [0.25, 0.3) is 11.1 Å². The van der Waals surface area contributed by atoms with Crippen molar-refractivity contribution >= 4 is 11.7 Å². The number of carbonyl (C=O) groups excluding carboxylic acids is 1. The van der Waals surface area contributed by atoms with Gasteiger partial charge < -0.3 is 15.5 Å². The SMILES string of the molecule is C[C@H](CNC(=O)Nc1cccc(-c2ccc(F)cc2)c1)N1CCN(C)CC1. The van der Waals surface area contributed by atoms with E-state index in [4.69, 9.17) is 0 Å². The van der Waals surface area contributed by atoms with Crippen LogP contribution in [0.5, 0.6) is 0 Å². The van der Waals surface area contributed by atoms with Crippen molar-refractivity contribution in [1.29, 1.82) is 0 Å². The lowest BCUT2D eigenvalue weighted by atomic mass is 10.1. The Kier molecular flexibility index (Phi) is 6.42. The van der Waals surface area contributed by atoms with E-state index in [9.17, 15) is 9.18 Å². The zero-order valence-corrected chi connectivity index (χ0v) is 15.9. The first-order chi connectivity index (χ1) is 13.0. The highest BCUT2D eigenvalue weighted by atomic mass is 19.1. The lowest BCUT2D eigenvalue weighted by molar-refractivity contribution is 0.119. The summed E-state index contributed by atoms with van der Waals surface area (Å²) in [6, 6.07) is 13.9. The summed E-state index contributed by atoms with van der Waals surface area (Å²) in [6.07, 6.45) is 0. The number of benzene rings is 2. The topological polar surface area (TPSA) is 47.6 Å². The molecule has 1 atom stereocenters. The molecule has 1 aliphatic heterocycles. The molecule has 1 fully saturated rings. The quantitative estimate of drug-likeness (QED) is 0.849. The maximum absolute atomic E-state index is 13.1. The van der Waals surface area contributed by atoms with Crippen molar-refractivity contribution in [2.75, 3.05) is 45.1 Å². The van der Waals surface area contributed by atoms with Gasteiger partial charge in [0.1, 0.15) is 5.82 Å². The molecule has 0 spiro atoms. The molecule has 144 valence electrons. The molecule has 1 saturated heterocycles. The number of nitrogens with zero attached hydrogens (tertiary/aromatic N) is 2. The van der Waals surface area contributed by atoms with Gasteiger partial charge in [0.25, 0.3) is 0 Å². The number of rotatable bonds is 5. The molecule has 0 radical (unpaired) electrons. The van der Waals surface area contributed by atoms with Gasteiger partial charge >= 0.3 is 6.03 Å². The van der Waals surface area contributed by atoms with Gasteiger partial charge in [-0.15, -0.1) is 0 Å². The second kappa shape index (κ2) is 8.97. The van der Waals surface area contributed by atoms with Crippen LogP contribution in [0.2, 0.25) is 0 Å². The Morgan fingerprint density at radius 2 is 1.78 bits per heavy atom. The lowest BCUT2D eigenvalue weighted by Crippen LogP contribution is -2.51.